The minimum atomic E-state index is -2.70. The highest BCUT2D eigenvalue weighted by Gasteiger charge is 2.29. The number of nitrogens with one attached hydrogen (secondary N) is 1. The third kappa shape index (κ3) is 5.79. The fourth-order valence-electron chi connectivity index (χ4n) is 1.81. The number of hydrogen-bond donors (Lipinski definition) is 1. The van der Waals surface area contributed by atoms with Gasteiger partial charge < -0.3 is 0 Å². The lowest BCUT2D eigenvalue weighted by Gasteiger charge is -2.30. The minimum absolute atomic E-state index is 0.338. The van der Waals surface area contributed by atoms with E-state index < -0.39 is 6.65 Å². The number of rotatable bonds is 9. The van der Waals surface area contributed by atoms with Crippen LogP contribution in [-0.2, 0) is 4.57 Å². The van der Waals surface area contributed by atoms with Crippen molar-refractivity contribution >= 4 is 30.1 Å². The lowest BCUT2D eigenvalue weighted by molar-refractivity contribution is 0.525. The van der Waals surface area contributed by atoms with Crippen LogP contribution in [0.1, 0.15) is 39.2 Å². The Balaban J connectivity index is 2.94. The zero-order valence-electron chi connectivity index (χ0n) is 14.2. The Morgan fingerprint density at radius 2 is 2.00 bits per heavy atom. The van der Waals surface area contributed by atoms with Crippen LogP contribution in [0.4, 0.5) is 5.69 Å². The molecule has 0 aromatic heterocycles. The van der Waals surface area contributed by atoms with Crippen LogP contribution in [0.25, 0.3) is 0 Å². The smallest absolute Gasteiger partial charge is 0.293 e. The van der Waals surface area contributed by atoms with Crippen molar-refractivity contribution in [3.8, 4) is 0 Å². The van der Waals surface area contributed by atoms with Gasteiger partial charge in [0.25, 0.3) is 6.65 Å². The lowest BCUT2D eigenvalue weighted by Crippen LogP contribution is -2.25. The summed E-state index contributed by atoms with van der Waals surface area (Å²) < 4.78 is 15.1. The van der Waals surface area contributed by atoms with Crippen LogP contribution in [-0.4, -0.2) is 29.9 Å². The van der Waals surface area contributed by atoms with Gasteiger partial charge in [0.15, 0.2) is 0 Å². The molecule has 1 aromatic carbocycles. The molecule has 1 aromatic rings. The van der Waals surface area contributed by atoms with Gasteiger partial charge in [0.1, 0.15) is 0 Å². The van der Waals surface area contributed by atoms with Crippen molar-refractivity contribution in [3.63, 3.8) is 0 Å². The normalized spacial score (nSPS) is 15.7. The average Bonchev–Trinajstić information content (AvgIpc) is 2.52. The van der Waals surface area contributed by atoms with Crippen LogP contribution >= 0.6 is 18.0 Å². The first-order valence-electron chi connectivity index (χ1n) is 7.80. The molecule has 0 spiro atoms. The molecule has 0 radical (unpaired) electrons. The van der Waals surface area contributed by atoms with E-state index in [-0.39, 0.29) is 0 Å². The largest absolute Gasteiger partial charge is 0.293 e. The Kier molecular flexibility index (Phi) is 8.23. The van der Waals surface area contributed by atoms with Gasteiger partial charge in [-0.2, -0.15) is 0 Å². The molecule has 6 heteroatoms. The first-order chi connectivity index (χ1) is 10.4. The summed E-state index contributed by atoms with van der Waals surface area (Å²) >= 11 is 1.51. The van der Waals surface area contributed by atoms with Crippen molar-refractivity contribution in [2.45, 2.75) is 45.8 Å². The van der Waals surface area contributed by atoms with Gasteiger partial charge in [0, 0.05) is 11.8 Å². The van der Waals surface area contributed by atoms with Crippen LogP contribution < -0.4 is 5.09 Å². The van der Waals surface area contributed by atoms with Crippen molar-refractivity contribution in [3.05, 3.63) is 29.8 Å². The van der Waals surface area contributed by atoms with E-state index in [0.717, 1.165) is 25.1 Å². The topological polar surface area (TPSA) is 44.7 Å². The van der Waals surface area contributed by atoms with E-state index in [0.29, 0.717) is 5.25 Å². The van der Waals surface area contributed by atoms with Crippen molar-refractivity contribution < 1.29 is 4.57 Å². The molecule has 0 saturated carbocycles. The van der Waals surface area contributed by atoms with Crippen LogP contribution in [0.3, 0.4) is 0 Å². The van der Waals surface area contributed by atoms with Crippen LogP contribution in [0.5, 0.6) is 0 Å². The highest BCUT2D eigenvalue weighted by molar-refractivity contribution is 8.57. The molecule has 0 aliphatic heterocycles. The summed E-state index contributed by atoms with van der Waals surface area (Å²) in [6.45, 7) is 6.38. The summed E-state index contributed by atoms with van der Waals surface area (Å²) in [4.78, 5) is 4.49. The molecule has 2 unspecified atom stereocenters. The Bertz CT molecular complexity index is 519. The SMILES string of the molecule is CCCN(C=Nc1ccc(C)cc1)P(=O)(NC)SC(C)CC. The number of aryl methyl sites for hydroxylation is 1. The van der Waals surface area contributed by atoms with E-state index in [2.05, 4.69) is 37.8 Å². The Morgan fingerprint density at radius 3 is 2.50 bits per heavy atom. The fraction of sp³-hybridized carbons (Fsp3) is 0.562. The van der Waals surface area contributed by atoms with Crippen LogP contribution in [0.15, 0.2) is 29.3 Å². The Hall–Kier alpha value is -0.770. The molecule has 0 bridgehead atoms. The summed E-state index contributed by atoms with van der Waals surface area (Å²) in [5, 5.41) is 3.37. The van der Waals surface area contributed by atoms with E-state index in [1.807, 2.05) is 28.9 Å². The maximum atomic E-state index is 13.2. The minimum Gasteiger partial charge on any atom is -0.293 e. The summed E-state index contributed by atoms with van der Waals surface area (Å²) in [5.74, 6) is 0. The summed E-state index contributed by atoms with van der Waals surface area (Å²) in [6.07, 6.45) is 3.64. The number of aliphatic imine (C=N–C) groups is 1. The molecule has 0 aliphatic rings. The number of nitrogens with zero attached hydrogens (tertiary/aromatic N) is 2. The van der Waals surface area contributed by atoms with Crippen molar-refractivity contribution in [2.75, 3.05) is 13.6 Å². The third-order valence-electron chi connectivity index (χ3n) is 3.35. The van der Waals surface area contributed by atoms with Gasteiger partial charge in [0.05, 0.1) is 12.0 Å². The molecule has 4 nitrogen and oxygen atoms in total. The van der Waals surface area contributed by atoms with Gasteiger partial charge in [0.2, 0.25) is 0 Å². The van der Waals surface area contributed by atoms with Crippen molar-refractivity contribution in [1.29, 1.82) is 0 Å². The Morgan fingerprint density at radius 1 is 1.36 bits per heavy atom. The first kappa shape index (κ1) is 19.3. The summed E-state index contributed by atoms with van der Waals surface area (Å²) in [7, 11) is 1.76. The maximum Gasteiger partial charge on any atom is 0.293 e. The van der Waals surface area contributed by atoms with Gasteiger partial charge in [-0.05, 0) is 38.9 Å². The second-order valence-corrected chi connectivity index (χ2v) is 10.4. The zero-order chi connectivity index (χ0) is 16.6. The molecule has 124 valence electrons. The molecule has 0 amide bonds. The second-order valence-electron chi connectivity index (χ2n) is 5.31. The highest BCUT2D eigenvalue weighted by Crippen LogP contribution is 2.59. The van der Waals surface area contributed by atoms with Gasteiger partial charge >= 0.3 is 0 Å². The van der Waals surface area contributed by atoms with E-state index in [9.17, 15) is 4.57 Å². The van der Waals surface area contributed by atoms with E-state index >= 15 is 0 Å². The molecule has 0 fully saturated rings. The standard InChI is InChI=1S/C16H28N3OPS/c1-6-12-19(21(20,17-5)22-15(4)7-2)13-18-16-10-8-14(3)9-11-16/h8-11,13,15H,6-7,12H2,1-5H3,(H,17,20). The molecule has 22 heavy (non-hydrogen) atoms. The third-order valence-corrected chi connectivity index (χ3v) is 8.98. The number of hydrogen-bond acceptors (Lipinski definition) is 3. The predicted molar refractivity (Wildman–Crippen MR) is 100 cm³/mol. The first-order valence-corrected chi connectivity index (χ1v) is 10.9. The molecule has 1 N–H and O–H groups in total. The van der Waals surface area contributed by atoms with Gasteiger partial charge in [-0.25, -0.2) is 10.1 Å². The van der Waals surface area contributed by atoms with Crippen LogP contribution in [0, 0.1) is 6.92 Å². The van der Waals surface area contributed by atoms with E-state index in [4.69, 9.17) is 0 Å². The second kappa shape index (κ2) is 9.39. The Labute approximate surface area is 139 Å². The molecule has 2 atom stereocenters. The van der Waals surface area contributed by atoms with E-state index in [1.54, 1.807) is 13.4 Å². The summed E-state index contributed by atoms with van der Waals surface area (Å²) in [5.41, 5.74) is 2.08. The summed E-state index contributed by atoms with van der Waals surface area (Å²) in [6, 6.07) is 8.01. The molecule has 1 rings (SSSR count). The molecular weight excluding hydrogens is 313 g/mol. The quantitative estimate of drug-likeness (QED) is 0.380. The highest BCUT2D eigenvalue weighted by atomic mass is 32.7. The monoisotopic (exact) mass is 341 g/mol. The van der Waals surface area contributed by atoms with Gasteiger partial charge in [-0.1, -0.05) is 49.8 Å². The zero-order valence-corrected chi connectivity index (χ0v) is 16.0. The molecule has 0 heterocycles. The number of benzene rings is 1. The molecule has 0 aliphatic carbocycles. The van der Waals surface area contributed by atoms with Crippen molar-refractivity contribution in [2.24, 2.45) is 4.99 Å². The maximum absolute atomic E-state index is 13.2. The molecular formula is C16H28N3OPS. The van der Waals surface area contributed by atoms with Crippen LogP contribution in [0.2, 0.25) is 0 Å². The molecule has 0 saturated heterocycles. The average molecular weight is 341 g/mol. The predicted octanol–water partition coefficient (Wildman–Crippen LogP) is 5.23. The van der Waals surface area contributed by atoms with Crippen molar-refractivity contribution in [1.82, 2.24) is 9.76 Å². The lowest BCUT2D eigenvalue weighted by atomic mass is 10.2. The van der Waals surface area contributed by atoms with E-state index in [1.165, 1.54) is 16.9 Å². The van der Waals surface area contributed by atoms with Gasteiger partial charge in [-0.3, -0.25) is 9.24 Å². The van der Waals surface area contributed by atoms with Gasteiger partial charge in [-0.15, -0.1) is 0 Å². The fourth-order valence-corrected chi connectivity index (χ4v) is 6.54.